The average Bonchev–Trinajstić information content (AvgIpc) is 3.39. The molecule has 4 rings (SSSR count). The van der Waals surface area contributed by atoms with Crippen LogP contribution in [0.15, 0.2) is 30.2 Å². The van der Waals surface area contributed by atoms with Crippen molar-refractivity contribution in [3.8, 4) is 0 Å². The lowest BCUT2D eigenvalue weighted by Gasteiger charge is -2.27. The second-order valence-electron chi connectivity index (χ2n) is 8.41. The normalized spacial score (nSPS) is 19.6. The highest BCUT2D eigenvalue weighted by Gasteiger charge is 2.30. The number of anilines is 1. The molecule has 0 saturated carbocycles. The number of likely N-dealkylation sites (tertiary alicyclic amines) is 2. The number of benzene rings is 1. The lowest BCUT2D eigenvalue weighted by Crippen LogP contribution is -2.49. The van der Waals surface area contributed by atoms with Crippen molar-refractivity contribution in [2.75, 3.05) is 31.5 Å². The Morgan fingerprint density at radius 1 is 1.27 bits per heavy atom. The first kappa shape index (κ1) is 23.0. The molecule has 176 valence electrons. The summed E-state index contributed by atoms with van der Waals surface area (Å²) in [6.07, 6.45) is 4.93. The van der Waals surface area contributed by atoms with E-state index in [2.05, 4.69) is 15.6 Å². The van der Waals surface area contributed by atoms with E-state index in [1.54, 1.807) is 21.1 Å². The van der Waals surface area contributed by atoms with Crippen LogP contribution in [0.2, 0.25) is 0 Å². The van der Waals surface area contributed by atoms with E-state index >= 15 is 0 Å². The Kier molecular flexibility index (Phi) is 7.07. The summed E-state index contributed by atoms with van der Waals surface area (Å²) < 4.78 is 1.03. The average molecular weight is 473 g/mol. The molecular weight excluding hydrogens is 444 g/mol. The highest BCUT2D eigenvalue weighted by atomic mass is 32.1. The highest BCUT2D eigenvalue weighted by Crippen LogP contribution is 2.25. The van der Waals surface area contributed by atoms with Crippen LogP contribution in [0.25, 0.3) is 10.2 Å². The smallest absolute Gasteiger partial charge is 0.274 e. The summed E-state index contributed by atoms with van der Waals surface area (Å²) in [5, 5.41) is 18.2. The maximum Gasteiger partial charge on any atom is 0.274 e. The number of thiazole rings is 1. The molecule has 2 N–H and O–H groups in total. The monoisotopic (exact) mass is 472 g/mol. The van der Waals surface area contributed by atoms with Crippen molar-refractivity contribution in [1.82, 2.24) is 20.1 Å². The standard InChI is InChI=1S/C22H28N6O4S/c1-15-23-18-12-16(7-8-19(18)33-15)24-20(13-28(31)32)25-17-6-2-3-11-27(22(17)30)14-21(29)26-9-4-5-10-26/h7-8,12-13,17,24-25H,2-6,9-11,14H2,1H3/b20-13-/t17-/m0/s1. The van der Waals surface area contributed by atoms with Crippen molar-refractivity contribution < 1.29 is 14.5 Å². The number of amides is 2. The van der Waals surface area contributed by atoms with Crippen LogP contribution in [0.3, 0.4) is 0 Å². The first-order valence-corrected chi connectivity index (χ1v) is 12.0. The maximum absolute atomic E-state index is 13.2. The van der Waals surface area contributed by atoms with Crippen molar-refractivity contribution in [3.05, 3.63) is 45.3 Å². The quantitative estimate of drug-likeness (QED) is 0.469. The van der Waals surface area contributed by atoms with Gasteiger partial charge in [0.05, 0.1) is 26.7 Å². The summed E-state index contributed by atoms with van der Waals surface area (Å²) in [6.45, 7) is 3.97. The zero-order chi connectivity index (χ0) is 23.4. The summed E-state index contributed by atoms with van der Waals surface area (Å²) in [7, 11) is 0. The number of nitrogens with one attached hydrogen (secondary N) is 2. The molecule has 1 aromatic carbocycles. The fourth-order valence-corrected chi connectivity index (χ4v) is 5.11. The van der Waals surface area contributed by atoms with Crippen molar-refractivity contribution in [2.24, 2.45) is 0 Å². The Morgan fingerprint density at radius 2 is 2.03 bits per heavy atom. The van der Waals surface area contributed by atoms with Gasteiger partial charge in [0, 0.05) is 25.3 Å². The number of rotatable bonds is 7. The van der Waals surface area contributed by atoms with Crippen molar-refractivity contribution in [1.29, 1.82) is 0 Å². The molecule has 33 heavy (non-hydrogen) atoms. The van der Waals surface area contributed by atoms with Crippen LogP contribution in [0.5, 0.6) is 0 Å². The van der Waals surface area contributed by atoms with Gasteiger partial charge in [0.25, 0.3) is 6.20 Å². The Balaban J connectivity index is 1.47. The lowest BCUT2D eigenvalue weighted by molar-refractivity contribution is -0.403. The van der Waals surface area contributed by atoms with Crippen molar-refractivity contribution >= 4 is 39.1 Å². The van der Waals surface area contributed by atoms with Crippen LogP contribution in [0.1, 0.15) is 37.1 Å². The molecule has 3 heterocycles. The summed E-state index contributed by atoms with van der Waals surface area (Å²) in [5.74, 6) is -0.119. The van der Waals surface area contributed by atoms with Gasteiger partial charge in [0.15, 0.2) is 5.82 Å². The molecule has 1 atom stereocenters. The molecular formula is C22H28N6O4S. The van der Waals surface area contributed by atoms with Gasteiger partial charge in [0.1, 0.15) is 6.04 Å². The first-order valence-electron chi connectivity index (χ1n) is 11.2. The van der Waals surface area contributed by atoms with Gasteiger partial charge in [-0.25, -0.2) is 4.98 Å². The number of nitro groups is 1. The first-order chi connectivity index (χ1) is 15.9. The van der Waals surface area contributed by atoms with E-state index in [4.69, 9.17) is 0 Å². The molecule has 0 aliphatic carbocycles. The van der Waals surface area contributed by atoms with E-state index in [1.165, 1.54) is 0 Å². The summed E-state index contributed by atoms with van der Waals surface area (Å²) in [6, 6.07) is 4.91. The predicted molar refractivity (Wildman–Crippen MR) is 126 cm³/mol. The van der Waals surface area contributed by atoms with E-state index in [1.807, 2.05) is 25.1 Å². The van der Waals surface area contributed by atoms with Crippen molar-refractivity contribution in [2.45, 2.75) is 45.1 Å². The highest BCUT2D eigenvalue weighted by molar-refractivity contribution is 7.18. The molecule has 0 spiro atoms. The topological polar surface area (TPSA) is 121 Å². The fourth-order valence-electron chi connectivity index (χ4n) is 4.30. The number of aromatic nitrogens is 1. The minimum absolute atomic E-state index is 0.0347. The number of hydrogen-bond acceptors (Lipinski definition) is 8. The maximum atomic E-state index is 13.2. The van der Waals surface area contributed by atoms with Gasteiger partial charge in [-0.15, -0.1) is 11.3 Å². The third-order valence-corrected chi connectivity index (χ3v) is 6.86. The molecule has 2 fully saturated rings. The molecule has 0 radical (unpaired) electrons. The van der Waals surface area contributed by atoms with E-state index < -0.39 is 11.0 Å². The Hall–Kier alpha value is -3.21. The molecule has 0 unspecified atom stereocenters. The van der Waals surface area contributed by atoms with E-state index in [-0.39, 0.29) is 24.2 Å². The predicted octanol–water partition coefficient (Wildman–Crippen LogP) is 2.69. The van der Waals surface area contributed by atoms with Gasteiger partial charge in [-0.2, -0.15) is 0 Å². The molecule has 2 amide bonds. The van der Waals surface area contributed by atoms with Gasteiger partial charge in [-0.05, 0) is 57.2 Å². The van der Waals surface area contributed by atoms with Crippen LogP contribution in [-0.2, 0) is 9.59 Å². The summed E-state index contributed by atoms with van der Waals surface area (Å²) >= 11 is 1.58. The Morgan fingerprint density at radius 3 is 2.79 bits per heavy atom. The fraction of sp³-hybridized carbons (Fsp3) is 0.500. The SMILES string of the molecule is Cc1nc2cc(N/C(=C/[N+](=O)[O-])N[C@H]3CCCCN(CC(=O)N4CCCC4)C3=O)ccc2s1. The molecule has 0 bridgehead atoms. The number of carbonyl (C=O) groups is 2. The number of aryl methyl sites for hydroxylation is 1. The zero-order valence-electron chi connectivity index (χ0n) is 18.6. The van der Waals surface area contributed by atoms with Crippen molar-refractivity contribution in [3.63, 3.8) is 0 Å². The number of fused-ring (bicyclic) bond motifs is 1. The molecule has 1 aromatic heterocycles. The van der Waals surface area contributed by atoms with Gasteiger partial charge >= 0.3 is 0 Å². The summed E-state index contributed by atoms with van der Waals surface area (Å²) in [4.78, 5) is 44.3. The van der Waals surface area contributed by atoms with Gasteiger partial charge < -0.3 is 20.4 Å². The van der Waals surface area contributed by atoms with E-state index in [9.17, 15) is 19.7 Å². The Bertz CT molecular complexity index is 1080. The largest absolute Gasteiger partial charge is 0.355 e. The minimum Gasteiger partial charge on any atom is -0.355 e. The molecule has 2 aliphatic rings. The minimum atomic E-state index is -0.650. The lowest BCUT2D eigenvalue weighted by atomic mass is 10.1. The van der Waals surface area contributed by atoms with Crippen LogP contribution >= 0.6 is 11.3 Å². The number of hydrogen-bond donors (Lipinski definition) is 2. The van der Waals surface area contributed by atoms with Crippen LogP contribution in [0.4, 0.5) is 5.69 Å². The van der Waals surface area contributed by atoms with Gasteiger partial charge in [0.2, 0.25) is 11.8 Å². The molecule has 2 aliphatic heterocycles. The number of nitrogens with zero attached hydrogens (tertiary/aromatic N) is 4. The molecule has 11 heteroatoms. The van der Waals surface area contributed by atoms with Gasteiger partial charge in [-0.3, -0.25) is 19.7 Å². The molecule has 10 nitrogen and oxygen atoms in total. The molecule has 2 saturated heterocycles. The Labute approximate surface area is 195 Å². The van der Waals surface area contributed by atoms with E-state index in [0.717, 1.165) is 60.2 Å². The van der Waals surface area contributed by atoms with Gasteiger partial charge in [-0.1, -0.05) is 0 Å². The van der Waals surface area contributed by atoms with Crippen LogP contribution < -0.4 is 10.6 Å². The second kappa shape index (κ2) is 10.2. The zero-order valence-corrected chi connectivity index (χ0v) is 19.4. The third-order valence-electron chi connectivity index (χ3n) is 5.90. The van der Waals surface area contributed by atoms with Crippen LogP contribution in [0, 0.1) is 17.0 Å². The second-order valence-corrected chi connectivity index (χ2v) is 9.64. The van der Waals surface area contributed by atoms with E-state index in [0.29, 0.717) is 18.7 Å². The third kappa shape index (κ3) is 5.78. The number of carbonyl (C=O) groups excluding carboxylic acids is 2. The summed E-state index contributed by atoms with van der Waals surface area (Å²) in [5.41, 5.74) is 1.44. The molecule has 2 aromatic rings. The van der Waals surface area contributed by atoms with Crippen LogP contribution in [-0.4, -0.2) is 63.7 Å².